The molecule has 1 atom stereocenters. The van der Waals surface area contributed by atoms with Crippen LogP contribution in [0.1, 0.15) is 42.6 Å². The number of anilines is 2. The van der Waals surface area contributed by atoms with E-state index in [1.165, 1.54) is 0 Å². The van der Waals surface area contributed by atoms with Crippen LogP contribution in [0.2, 0.25) is 0 Å². The highest BCUT2D eigenvalue weighted by molar-refractivity contribution is 9.10. The highest BCUT2D eigenvalue weighted by Gasteiger charge is 2.26. The lowest BCUT2D eigenvalue weighted by molar-refractivity contribution is -0.119. The number of aryl methyl sites for hydroxylation is 1. The molecule has 1 heterocycles. The van der Waals surface area contributed by atoms with Crippen molar-refractivity contribution in [3.8, 4) is 0 Å². The van der Waals surface area contributed by atoms with Gasteiger partial charge in [0.15, 0.2) is 0 Å². The van der Waals surface area contributed by atoms with E-state index < -0.39 is 6.04 Å². The molecule has 0 aromatic heterocycles. The molecule has 3 amide bonds. The zero-order valence-electron chi connectivity index (χ0n) is 17.4. The Morgan fingerprint density at radius 1 is 1.10 bits per heavy atom. The summed E-state index contributed by atoms with van der Waals surface area (Å²) in [5, 5.41) is 5.72. The van der Waals surface area contributed by atoms with Crippen molar-refractivity contribution in [1.29, 1.82) is 0 Å². The second-order valence-electron chi connectivity index (χ2n) is 7.84. The van der Waals surface area contributed by atoms with Crippen LogP contribution in [0.3, 0.4) is 0 Å². The molecule has 0 spiro atoms. The number of carbonyl (C=O) groups excluding carboxylic acids is 3. The van der Waals surface area contributed by atoms with E-state index in [-0.39, 0.29) is 23.6 Å². The summed E-state index contributed by atoms with van der Waals surface area (Å²) in [7, 11) is 0. The minimum Gasteiger partial charge on any atom is -0.340 e. The average molecular weight is 472 g/mol. The lowest BCUT2D eigenvalue weighted by Crippen LogP contribution is -2.47. The summed E-state index contributed by atoms with van der Waals surface area (Å²) in [4.78, 5) is 39.2. The maximum Gasteiger partial charge on any atom is 0.251 e. The van der Waals surface area contributed by atoms with Crippen LogP contribution in [0.5, 0.6) is 0 Å². The first-order valence-corrected chi connectivity index (χ1v) is 10.8. The minimum absolute atomic E-state index is 0.0908. The summed E-state index contributed by atoms with van der Waals surface area (Å²) in [6.07, 6.45) is 1.44. The maximum atomic E-state index is 12.9. The largest absolute Gasteiger partial charge is 0.340 e. The van der Waals surface area contributed by atoms with Crippen molar-refractivity contribution in [3.63, 3.8) is 0 Å². The predicted octanol–water partition coefficient (Wildman–Crippen LogP) is 4.28. The molecule has 0 bridgehead atoms. The summed E-state index contributed by atoms with van der Waals surface area (Å²) < 4.78 is 0.881. The van der Waals surface area contributed by atoms with E-state index in [9.17, 15) is 14.4 Å². The van der Waals surface area contributed by atoms with Gasteiger partial charge in [-0.05, 0) is 67.3 Å². The van der Waals surface area contributed by atoms with Crippen molar-refractivity contribution in [2.45, 2.75) is 39.7 Å². The monoisotopic (exact) mass is 471 g/mol. The number of amides is 3. The zero-order valence-corrected chi connectivity index (χ0v) is 19.0. The van der Waals surface area contributed by atoms with Gasteiger partial charge in [0.25, 0.3) is 5.91 Å². The first-order valence-electron chi connectivity index (χ1n) is 10.0. The fraction of sp³-hybridized carbons (Fsp3) is 0.348. The van der Waals surface area contributed by atoms with Gasteiger partial charge in [-0.1, -0.05) is 29.8 Å². The van der Waals surface area contributed by atoms with Gasteiger partial charge in [0, 0.05) is 34.4 Å². The normalized spacial score (nSPS) is 14.7. The number of benzene rings is 2. The summed E-state index contributed by atoms with van der Waals surface area (Å²) in [6, 6.07) is 11.8. The van der Waals surface area contributed by atoms with Crippen molar-refractivity contribution in [2.75, 3.05) is 16.8 Å². The van der Waals surface area contributed by atoms with Gasteiger partial charge in [-0.25, -0.2) is 0 Å². The van der Waals surface area contributed by atoms with Gasteiger partial charge in [0.2, 0.25) is 11.8 Å². The molecule has 6 nitrogen and oxygen atoms in total. The number of rotatable bonds is 6. The zero-order chi connectivity index (χ0) is 21.8. The first kappa shape index (κ1) is 22.0. The third-order valence-corrected chi connectivity index (χ3v) is 5.70. The molecule has 1 aliphatic rings. The number of carbonyl (C=O) groups is 3. The third-order valence-electron chi connectivity index (χ3n) is 5.17. The van der Waals surface area contributed by atoms with Crippen molar-refractivity contribution in [1.82, 2.24) is 5.32 Å². The van der Waals surface area contributed by atoms with Gasteiger partial charge in [-0.15, -0.1) is 0 Å². The van der Waals surface area contributed by atoms with Gasteiger partial charge >= 0.3 is 0 Å². The van der Waals surface area contributed by atoms with E-state index in [0.29, 0.717) is 17.7 Å². The van der Waals surface area contributed by atoms with Crippen LogP contribution >= 0.6 is 15.9 Å². The molecule has 7 heteroatoms. The van der Waals surface area contributed by atoms with E-state index >= 15 is 0 Å². The Hall–Kier alpha value is -2.67. The Labute approximate surface area is 185 Å². The Morgan fingerprint density at radius 2 is 1.80 bits per heavy atom. The molecule has 2 aromatic carbocycles. The number of nitrogens with zero attached hydrogens (tertiary/aromatic N) is 1. The van der Waals surface area contributed by atoms with E-state index in [2.05, 4.69) is 26.6 Å². The van der Waals surface area contributed by atoms with Crippen LogP contribution in [-0.2, 0) is 9.59 Å². The van der Waals surface area contributed by atoms with Crippen LogP contribution in [-0.4, -0.2) is 30.3 Å². The van der Waals surface area contributed by atoms with E-state index in [1.54, 1.807) is 35.2 Å². The number of hydrogen-bond acceptors (Lipinski definition) is 3. The van der Waals surface area contributed by atoms with Crippen molar-refractivity contribution in [3.05, 3.63) is 58.1 Å². The Bertz CT molecular complexity index is 957. The van der Waals surface area contributed by atoms with Gasteiger partial charge in [-0.2, -0.15) is 0 Å². The molecule has 2 N–H and O–H groups in total. The lowest BCUT2D eigenvalue weighted by atomic mass is 10.0. The first-order chi connectivity index (χ1) is 14.3. The van der Waals surface area contributed by atoms with Gasteiger partial charge < -0.3 is 15.5 Å². The second kappa shape index (κ2) is 9.43. The number of nitrogens with one attached hydrogen (secondary N) is 2. The van der Waals surface area contributed by atoms with Crippen LogP contribution in [0.4, 0.5) is 11.4 Å². The molecule has 3 rings (SSSR count). The van der Waals surface area contributed by atoms with Crippen LogP contribution in [0, 0.1) is 12.8 Å². The third kappa shape index (κ3) is 5.08. The van der Waals surface area contributed by atoms with Crippen LogP contribution in [0.25, 0.3) is 0 Å². The molecule has 1 fully saturated rings. The quantitative estimate of drug-likeness (QED) is 0.659. The van der Waals surface area contributed by atoms with Gasteiger partial charge in [0.05, 0.1) is 0 Å². The maximum absolute atomic E-state index is 12.9. The Morgan fingerprint density at radius 3 is 2.37 bits per heavy atom. The fourth-order valence-corrected chi connectivity index (χ4v) is 3.78. The SMILES string of the molecule is Cc1cc(NC(=O)[C@@H](NC(=O)c2ccc(Br)cc2)C(C)C)ccc1N1CCCC1=O. The van der Waals surface area contributed by atoms with E-state index in [0.717, 1.165) is 28.7 Å². The predicted molar refractivity (Wildman–Crippen MR) is 122 cm³/mol. The Balaban J connectivity index is 1.70. The lowest BCUT2D eigenvalue weighted by Gasteiger charge is -2.23. The summed E-state index contributed by atoms with van der Waals surface area (Å²) in [5.41, 5.74) is 2.92. The molecule has 1 saturated heterocycles. The Kier molecular flexibility index (Phi) is 6.92. The standard InChI is InChI=1S/C23H26BrN3O3/c1-14(2)21(26-22(29)16-6-8-17(24)9-7-16)23(30)25-18-10-11-19(15(3)13-18)27-12-4-5-20(27)28/h6-11,13-14,21H,4-5,12H2,1-3H3,(H,25,30)(H,26,29)/t21-/m0/s1. The smallest absolute Gasteiger partial charge is 0.251 e. The molecule has 1 aliphatic heterocycles. The van der Waals surface area contributed by atoms with Crippen LogP contribution < -0.4 is 15.5 Å². The summed E-state index contributed by atoms with van der Waals surface area (Å²) in [6.45, 7) is 6.42. The van der Waals surface area contributed by atoms with Gasteiger partial charge in [0.1, 0.15) is 6.04 Å². The topological polar surface area (TPSA) is 78.5 Å². The number of hydrogen-bond donors (Lipinski definition) is 2. The highest BCUT2D eigenvalue weighted by Crippen LogP contribution is 2.27. The average Bonchev–Trinajstić information content (AvgIpc) is 3.12. The molecular weight excluding hydrogens is 446 g/mol. The molecular formula is C23H26BrN3O3. The molecule has 0 saturated carbocycles. The summed E-state index contributed by atoms with van der Waals surface area (Å²) >= 11 is 3.35. The van der Waals surface area contributed by atoms with E-state index in [1.807, 2.05) is 32.9 Å². The molecule has 0 unspecified atom stereocenters. The van der Waals surface area contributed by atoms with Crippen molar-refractivity contribution < 1.29 is 14.4 Å². The molecule has 2 aromatic rings. The molecule has 0 radical (unpaired) electrons. The minimum atomic E-state index is -0.679. The highest BCUT2D eigenvalue weighted by atomic mass is 79.9. The van der Waals surface area contributed by atoms with Crippen molar-refractivity contribution >= 4 is 45.0 Å². The van der Waals surface area contributed by atoms with Crippen molar-refractivity contribution in [2.24, 2.45) is 5.92 Å². The number of halogens is 1. The fourth-order valence-electron chi connectivity index (χ4n) is 3.52. The summed E-state index contributed by atoms with van der Waals surface area (Å²) in [5.74, 6) is -0.535. The molecule has 30 heavy (non-hydrogen) atoms. The molecule has 158 valence electrons. The van der Waals surface area contributed by atoms with E-state index in [4.69, 9.17) is 0 Å². The van der Waals surface area contributed by atoms with Gasteiger partial charge in [-0.3, -0.25) is 14.4 Å². The molecule has 0 aliphatic carbocycles. The van der Waals surface area contributed by atoms with Crippen LogP contribution in [0.15, 0.2) is 46.9 Å². The second-order valence-corrected chi connectivity index (χ2v) is 8.76.